The second-order valence-electron chi connectivity index (χ2n) is 11.3. The molecule has 0 aromatic heterocycles. The SMILES string of the molecule is CCCCCCCCCCC[Si](C)(C)O[Si](C)(C)CCCCCCCC[SiH2]O[SiH](C)C. The minimum absolute atomic E-state index is 0.176. The lowest BCUT2D eigenvalue weighted by atomic mass is 10.1. The standard InChI is InChI=1S/C25H60O2Si4/c1-8-9-10-11-12-13-15-18-21-24-30(4,5)27-31(6,7)25-22-19-16-14-17-20-23-28-26-29(2)3/h29H,8-25,28H2,1-7H3. The molecule has 0 saturated carbocycles. The highest BCUT2D eigenvalue weighted by atomic mass is 28.4. The maximum absolute atomic E-state index is 6.86. The monoisotopic (exact) mass is 504 g/mol. The first-order valence-electron chi connectivity index (χ1n) is 14.0. The van der Waals surface area contributed by atoms with Crippen LogP contribution in [0, 0.1) is 0 Å². The quantitative estimate of drug-likeness (QED) is 0.102. The first kappa shape index (κ1) is 31.8. The Hall–Kier alpha value is 0.788. The number of hydrogen-bond donors (Lipinski definition) is 0. The molecule has 0 aliphatic heterocycles. The van der Waals surface area contributed by atoms with Gasteiger partial charge in [-0.2, -0.15) is 0 Å². The highest BCUT2D eigenvalue weighted by molar-refractivity contribution is 6.84. The Morgan fingerprint density at radius 3 is 1.39 bits per heavy atom. The van der Waals surface area contributed by atoms with E-state index in [0.29, 0.717) is 0 Å². The van der Waals surface area contributed by atoms with Crippen LogP contribution in [0.3, 0.4) is 0 Å². The van der Waals surface area contributed by atoms with E-state index < -0.39 is 25.7 Å². The van der Waals surface area contributed by atoms with Crippen LogP contribution in [0.1, 0.15) is 103 Å². The van der Waals surface area contributed by atoms with E-state index in [2.05, 4.69) is 46.2 Å². The van der Waals surface area contributed by atoms with Gasteiger partial charge in [0.2, 0.25) is 0 Å². The van der Waals surface area contributed by atoms with Crippen LogP contribution in [0.4, 0.5) is 0 Å². The molecule has 0 radical (unpaired) electrons. The molecule has 188 valence electrons. The van der Waals surface area contributed by atoms with E-state index >= 15 is 0 Å². The van der Waals surface area contributed by atoms with Gasteiger partial charge in [-0.1, -0.05) is 103 Å². The zero-order chi connectivity index (χ0) is 23.4. The van der Waals surface area contributed by atoms with Crippen molar-refractivity contribution in [3.8, 4) is 0 Å². The van der Waals surface area contributed by atoms with Crippen LogP contribution in [0.5, 0.6) is 0 Å². The maximum Gasteiger partial charge on any atom is 0.173 e. The molecule has 0 saturated heterocycles. The topological polar surface area (TPSA) is 18.5 Å². The van der Waals surface area contributed by atoms with Crippen molar-refractivity contribution in [3.63, 3.8) is 0 Å². The van der Waals surface area contributed by atoms with Crippen molar-refractivity contribution >= 4 is 35.4 Å². The Kier molecular flexibility index (Phi) is 20.7. The summed E-state index contributed by atoms with van der Waals surface area (Å²) in [5, 5.41) is 0. The molecule has 0 aliphatic carbocycles. The van der Waals surface area contributed by atoms with E-state index in [9.17, 15) is 0 Å². The van der Waals surface area contributed by atoms with Crippen molar-refractivity contribution in [2.24, 2.45) is 0 Å². The fraction of sp³-hybridized carbons (Fsp3) is 1.00. The van der Waals surface area contributed by atoms with Crippen molar-refractivity contribution in [1.29, 1.82) is 0 Å². The summed E-state index contributed by atoms with van der Waals surface area (Å²) < 4.78 is 12.8. The Morgan fingerprint density at radius 1 is 0.581 bits per heavy atom. The van der Waals surface area contributed by atoms with Gasteiger partial charge < -0.3 is 8.23 Å². The number of rotatable bonds is 23. The Labute approximate surface area is 204 Å². The largest absolute Gasteiger partial charge is 0.463 e. The molecule has 0 aliphatic rings. The second-order valence-corrected chi connectivity index (χ2v) is 24.7. The summed E-state index contributed by atoms with van der Waals surface area (Å²) in [5.41, 5.74) is 0. The van der Waals surface area contributed by atoms with Crippen molar-refractivity contribution in [3.05, 3.63) is 0 Å². The Balaban J connectivity index is 3.67. The Morgan fingerprint density at radius 2 is 0.968 bits per heavy atom. The van der Waals surface area contributed by atoms with Gasteiger partial charge in [-0.05, 0) is 57.4 Å². The van der Waals surface area contributed by atoms with Crippen molar-refractivity contribution in [2.45, 2.75) is 161 Å². The van der Waals surface area contributed by atoms with E-state index in [-0.39, 0.29) is 9.76 Å². The Bertz CT molecular complexity index is 390. The van der Waals surface area contributed by atoms with Crippen LogP contribution >= 0.6 is 0 Å². The van der Waals surface area contributed by atoms with Gasteiger partial charge in [0.15, 0.2) is 25.7 Å². The fourth-order valence-corrected chi connectivity index (χ4v) is 16.7. The summed E-state index contributed by atoms with van der Waals surface area (Å²) in [7, 11) is -3.86. The van der Waals surface area contributed by atoms with Crippen molar-refractivity contribution in [1.82, 2.24) is 0 Å². The molecule has 0 amide bonds. The molecule has 0 unspecified atom stereocenters. The van der Waals surface area contributed by atoms with Gasteiger partial charge in [-0.25, -0.2) is 0 Å². The van der Waals surface area contributed by atoms with Crippen LogP contribution in [0.25, 0.3) is 0 Å². The maximum atomic E-state index is 6.86. The highest BCUT2D eigenvalue weighted by Gasteiger charge is 2.32. The van der Waals surface area contributed by atoms with Crippen molar-refractivity contribution < 1.29 is 8.23 Å². The lowest BCUT2D eigenvalue weighted by Gasteiger charge is -2.34. The zero-order valence-electron chi connectivity index (χ0n) is 22.8. The molecular weight excluding hydrogens is 445 g/mol. The summed E-state index contributed by atoms with van der Waals surface area (Å²) in [6.07, 6.45) is 21.3. The normalized spacial score (nSPS) is 13.2. The summed E-state index contributed by atoms with van der Waals surface area (Å²) in [6, 6.07) is 4.13. The van der Waals surface area contributed by atoms with Crippen LogP contribution in [0.15, 0.2) is 0 Å². The smallest absolute Gasteiger partial charge is 0.173 e. The molecule has 2 nitrogen and oxygen atoms in total. The minimum atomic E-state index is -1.48. The van der Waals surface area contributed by atoms with Crippen LogP contribution in [-0.4, -0.2) is 35.4 Å². The third kappa shape index (κ3) is 23.7. The average molecular weight is 505 g/mol. The van der Waals surface area contributed by atoms with E-state index in [4.69, 9.17) is 8.23 Å². The molecule has 0 aromatic rings. The lowest BCUT2D eigenvalue weighted by Crippen LogP contribution is -2.44. The van der Waals surface area contributed by atoms with Gasteiger partial charge in [0.25, 0.3) is 0 Å². The number of unbranched alkanes of at least 4 members (excludes halogenated alkanes) is 13. The van der Waals surface area contributed by atoms with Gasteiger partial charge in [0.05, 0.1) is 0 Å². The van der Waals surface area contributed by atoms with Gasteiger partial charge >= 0.3 is 0 Å². The molecule has 0 bridgehead atoms. The van der Waals surface area contributed by atoms with Crippen molar-refractivity contribution in [2.75, 3.05) is 0 Å². The van der Waals surface area contributed by atoms with E-state index in [1.54, 1.807) is 0 Å². The molecule has 0 N–H and O–H groups in total. The predicted octanol–water partition coefficient (Wildman–Crippen LogP) is 8.79. The average Bonchev–Trinajstić information content (AvgIpc) is 2.67. The summed E-state index contributed by atoms with van der Waals surface area (Å²) >= 11 is 0. The molecule has 0 rings (SSSR count). The van der Waals surface area contributed by atoms with Crippen LogP contribution < -0.4 is 0 Å². The molecule has 0 spiro atoms. The fourth-order valence-electron chi connectivity index (χ4n) is 4.57. The van der Waals surface area contributed by atoms with E-state index in [0.717, 1.165) is 0 Å². The zero-order valence-corrected chi connectivity index (χ0v) is 27.4. The first-order valence-corrected chi connectivity index (χ1v) is 24.6. The molecular formula is C25H60O2Si4. The number of hydrogen-bond acceptors (Lipinski definition) is 2. The first-order chi connectivity index (χ1) is 14.7. The molecule has 31 heavy (non-hydrogen) atoms. The molecule has 0 aromatic carbocycles. The summed E-state index contributed by atoms with van der Waals surface area (Å²) in [5.74, 6) is 0. The third-order valence-corrected chi connectivity index (χ3v) is 18.2. The molecule has 0 atom stereocenters. The van der Waals surface area contributed by atoms with E-state index in [1.807, 2.05) is 0 Å². The van der Waals surface area contributed by atoms with Gasteiger partial charge in [-0.15, -0.1) is 0 Å². The second kappa shape index (κ2) is 20.2. The molecule has 0 fully saturated rings. The van der Waals surface area contributed by atoms with Gasteiger partial charge in [0.1, 0.15) is 9.76 Å². The molecule has 0 heterocycles. The lowest BCUT2D eigenvalue weighted by molar-refractivity contribution is 0.517. The minimum Gasteiger partial charge on any atom is -0.463 e. The van der Waals surface area contributed by atoms with Crippen LogP contribution in [0.2, 0.25) is 57.4 Å². The van der Waals surface area contributed by atoms with E-state index in [1.165, 1.54) is 114 Å². The highest BCUT2D eigenvalue weighted by Crippen LogP contribution is 2.26. The third-order valence-electron chi connectivity index (χ3n) is 6.31. The van der Waals surface area contributed by atoms with Gasteiger partial charge in [0, 0.05) is 0 Å². The van der Waals surface area contributed by atoms with Gasteiger partial charge in [-0.3, -0.25) is 0 Å². The summed E-state index contributed by atoms with van der Waals surface area (Å²) in [6.45, 7) is 16.8. The molecule has 6 heteroatoms. The summed E-state index contributed by atoms with van der Waals surface area (Å²) in [4.78, 5) is 0. The predicted molar refractivity (Wildman–Crippen MR) is 154 cm³/mol. The van der Waals surface area contributed by atoms with Crippen LogP contribution in [-0.2, 0) is 8.23 Å².